The molecule has 0 saturated carbocycles. The van der Waals surface area contributed by atoms with Gasteiger partial charge in [-0.05, 0) is 127 Å². The van der Waals surface area contributed by atoms with Gasteiger partial charge in [0.1, 0.15) is 48.8 Å². The monoisotopic (exact) mass is 908 g/mol. The number of hydrogen-bond acceptors (Lipinski definition) is 13. The van der Waals surface area contributed by atoms with Gasteiger partial charge in [-0.3, -0.25) is 0 Å². The molecule has 3 aromatic heterocycles. The van der Waals surface area contributed by atoms with E-state index in [-0.39, 0.29) is 6.61 Å². The number of rotatable bonds is 12. The first-order valence-electron chi connectivity index (χ1n) is 23.1. The average Bonchev–Trinajstić information content (AvgIpc) is 4.00. The number of fused-ring (bicyclic) bond motifs is 8. The Labute approximate surface area is 384 Å². The van der Waals surface area contributed by atoms with Gasteiger partial charge < -0.3 is 64.7 Å². The van der Waals surface area contributed by atoms with Gasteiger partial charge in [0.2, 0.25) is 0 Å². The number of benzene rings is 1. The van der Waals surface area contributed by atoms with Crippen molar-refractivity contribution < 1.29 is 54.7 Å². The van der Waals surface area contributed by atoms with Crippen LogP contribution in [-0.2, 0) is 38.4 Å². The van der Waals surface area contributed by atoms with Crippen molar-refractivity contribution in [2.24, 2.45) is 0 Å². The minimum absolute atomic E-state index is 0.0315. The van der Waals surface area contributed by atoms with Gasteiger partial charge in [0.25, 0.3) is 0 Å². The maximum Gasteiger partial charge on any atom is 0.187 e. The normalized spacial score (nSPS) is 27.0. The Morgan fingerprint density at radius 3 is 1.85 bits per heavy atom. The van der Waals surface area contributed by atoms with E-state index in [4.69, 9.17) is 28.9 Å². The Balaban J connectivity index is 1.17. The number of aliphatic hydroxyl groups excluding tert-OH is 7. The van der Waals surface area contributed by atoms with E-state index in [9.17, 15) is 35.7 Å². The van der Waals surface area contributed by atoms with Crippen LogP contribution in [0.3, 0.4) is 0 Å². The lowest BCUT2D eigenvalue weighted by Gasteiger charge is -2.45. The zero-order chi connectivity index (χ0) is 47.3. The summed E-state index contributed by atoms with van der Waals surface area (Å²) in [6.45, 7) is 16.0. The maximum absolute atomic E-state index is 11.2. The van der Waals surface area contributed by atoms with E-state index in [0.29, 0.717) is 0 Å². The molecular weight excluding hydrogens is 845 g/mol. The predicted octanol–water partition coefficient (Wildman–Crippen LogP) is 5.55. The number of nitrogens with zero attached hydrogens (tertiary/aromatic N) is 2. The third-order valence-electron chi connectivity index (χ3n) is 14.0. The van der Waals surface area contributed by atoms with Crippen molar-refractivity contribution in [1.82, 2.24) is 19.9 Å². The largest absolute Gasteiger partial charge is 0.394 e. The summed E-state index contributed by atoms with van der Waals surface area (Å²) < 4.78 is 23.0. The summed E-state index contributed by atoms with van der Waals surface area (Å²) in [6.07, 6.45) is -12.1. The molecule has 0 amide bonds. The summed E-state index contributed by atoms with van der Waals surface area (Å²) in [4.78, 5) is 18.3. The lowest BCUT2D eigenvalue weighted by Crippen LogP contribution is -2.64. The van der Waals surface area contributed by atoms with Crippen LogP contribution in [0.25, 0.3) is 55.5 Å². The molecule has 2 saturated heterocycles. The summed E-state index contributed by atoms with van der Waals surface area (Å²) in [5, 5.41) is 73.0. The smallest absolute Gasteiger partial charge is 0.187 e. The van der Waals surface area contributed by atoms with Crippen LogP contribution >= 0.6 is 0 Å². The Bertz CT molecular complexity index is 2680. The highest BCUT2D eigenvalue weighted by molar-refractivity contribution is 6.01. The highest BCUT2D eigenvalue weighted by Gasteiger charge is 2.50. The van der Waals surface area contributed by atoms with Crippen LogP contribution < -0.4 is 0 Å². The van der Waals surface area contributed by atoms with Crippen LogP contribution in [0, 0.1) is 13.8 Å². The molecule has 354 valence electrons. The number of aliphatic hydroxyl groups is 7. The van der Waals surface area contributed by atoms with Crippen LogP contribution in [-0.4, -0.2) is 130 Å². The lowest BCUT2D eigenvalue weighted by molar-refractivity contribution is -0.360. The average molecular weight is 909 g/mol. The summed E-state index contributed by atoms with van der Waals surface area (Å²) in [6, 6.07) is 14.5. The number of nitrogens with one attached hydrogen (secondary N) is 2. The number of H-pyrrole nitrogens is 2. The van der Waals surface area contributed by atoms with Gasteiger partial charge in [-0.25, -0.2) is 9.97 Å². The number of aromatic amines is 2. The van der Waals surface area contributed by atoms with Crippen molar-refractivity contribution >= 4 is 44.4 Å². The zero-order valence-electron chi connectivity index (χ0n) is 38.9. The van der Waals surface area contributed by atoms with Crippen LogP contribution in [0.5, 0.6) is 0 Å². The third kappa shape index (κ3) is 8.49. The fourth-order valence-electron chi connectivity index (χ4n) is 10.1. The highest BCUT2D eigenvalue weighted by atomic mass is 16.7. The van der Waals surface area contributed by atoms with E-state index in [1.807, 2.05) is 24.3 Å². The number of ether oxygens (including phenoxy) is 4. The molecule has 4 aliphatic rings. The molecular formula is C51H64N4O11. The van der Waals surface area contributed by atoms with Crippen LogP contribution in [0.4, 0.5) is 0 Å². The Hall–Kier alpha value is -4.62. The Morgan fingerprint density at radius 2 is 1.20 bits per heavy atom. The first-order valence-corrected chi connectivity index (χ1v) is 23.1. The van der Waals surface area contributed by atoms with Crippen molar-refractivity contribution in [3.05, 3.63) is 93.1 Å². The van der Waals surface area contributed by atoms with Crippen molar-refractivity contribution in [1.29, 1.82) is 0 Å². The molecule has 10 atom stereocenters. The van der Waals surface area contributed by atoms with Gasteiger partial charge in [0.15, 0.2) is 12.6 Å². The SMILES string of the molecule is CCC1=C(C)c2cc3nc(c(-c4ccc(CO[C@H]5O[C@H](CO)[C@@H](O[C@H]6O[C@H](CO)[C@@H](O)[C@H](O)[C@H]6O)[C@H](O)[C@H]5O)cc4)c4[nH]c(cc5[nH]c(cc1n2)c(CC)c5C)c(CC)c4C)C(C)=C3CC. The van der Waals surface area contributed by atoms with Crippen molar-refractivity contribution in [2.75, 3.05) is 13.2 Å². The van der Waals surface area contributed by atoms with Gasteiger partial charge in [0.05, 0.1) is 48.1 Å². The maximum atomic E-state index is 11.2. The van der Waals surface area contributed by atoms with Gasteiger partial charge >= 0.3 is 0 Å². The lowest BCUT2D eigenvalue weighted by atomic mass is 9.95. The molecule has 4 aromatic rings. The van der Waals surface area contributed by atoms with Crippen LogP contribution in [0.1, 0.15) is 105 Å². The second kappa shape index (κ2) is 19.5. The molecule has 1 aromatic carbocycles. The highest BCUT2D eigenvalue weighted by Crippen LogP contribution is 2.42. The van der Waals surface area contributed by atoms with E-state index in [0.717, 1.165) is 109 Å². The fraction of sp³-hybridized carbons (Fsp3) is 0.490. The predicted molar refractivity (Wildman–Crippen MR) is 251 cm³/mol. The van der Waals surface area contributed by atoms with Crippen molar-refractivity contribution in [3.8, 4) is 11.1 Å². The number of hydrogen-bond donors (Lipinski definition) is 9. The zero-order valence-corrected chi connectivity index (χ0v) is 38.9. The summed E-state index contributed by atoms with van der Waals surface area (Å²) in [5.41, 5.74) is 19.8. The van der Waals surface area contributed by atoms with Crippen molar-refractivity contribution in [3.63, 3.8) is 0 Å². The Kier molecular flexibility index (Phi) is 14.2. The molecule has 0 spiro atoms. The summed E-state index contributed by atoms with van der Waals surface area (Å²) >= 11 is 0. The second-order valence-electron chi connectivity index (χ2n) is 17.7. The minimum Gasteiger partial charge on any atom is -0.394 e. The van der Waals surface area contributed by atoms with Crippen molar-refractivity contribution in [2.45, 2.75) is 149 Å². The second-order valence-corrected chi connectivity index (χ2v) is 17.7. The van der Waals surface area contributed by atoms with E-state index < -0.39 is 74.6 Å². The number of aromatic nitrogens is 4. The molecule has 2 fully saturated rings. The molecule has 66 heavy (non-hydrogen) atoms. The van der Waals surface area contributed by atoms with E-state index >= 15 is 0 Å². The summed E-state index contributed by atoms with van der Waals surface area (Å²) in [7, 11) is 0. The molecule has 0 radical (unpaired) electrons. The standard InChI is InChI=1S/C51H64N4O11/c1-9-29-23(5)33-17-37-31(11-3)25(7)42(54-37)41(43-26(8)32(12-4)38(55-43)18-34-24(6)30(10-2)36(53-34)19-35(29)52-33)28-15-13-27(14-16-28)22-63-50-48(62)46(60)49(40(21-57)65-50)66-51-47(61)45(59)44(58)39(20-56)64-51/h13-19,39-40,44-52,54,56-62H,9-12,20-22H2,1-8H3/t39-,40-,44-,45+,46-,47-,48-,49-,50+,51-/m1/s1. The molecule has 0 aliphatic carbocycles. The summed E-state index contributed by atoms with van der Waals surface area (Å²) in [5.74, 6) is 0. The minimum atomic E-state index is -1.77. The molecule has 8 rings (SSSR count). The molecule has 8 bridgehead atoms. The molecule has 15 nitrogen and oxygen atoms in total. The molecule has 15 heteroatoms. The van der Waals surface area contributed by atoms with E-state index in [1.54, 1.807) is 0 Å². The van der Waals surface area contributed by atoms with E-state index in [2.05, 4.69) is 83.6 Å². The van der Waals surface area contributed by atoms with Gasteiger partial charge in [-0.1, -0.05) is 52.0 Å². The molecule has 7 heterocycles. The molecule has 4 aliphatic heterocycles. The molecule has 0 unspecified atom stereocenters. The van der Waals surface area contributed by atoms with Crippen LogP contribution in [0.15, 0.2) is 42.5 Å². The molecule has 9 N–H and O–H groups in total. The third-order valence-corrected chi connectivity index (χ3v) is 14.0. The van der Waals surface area contributed by atoms with E-state index in [1.165, 1.54) is 22.3 Å². The quantitative estimate of drug-likeness (QED) is 0.0850. The van der Waals surface area contributed by atoms with Gasteiger partial charge in [-0.15, -0.1) is 0 Å². The topological polar surface area (TPSA) is 236 Å². The first-order chi connectivity index (χ1) is 31.7. The van der Waals surface area contributed by atoms with Gasteiger partial charge in [-0.2, -0.15) is 0 Å². The number of allylic oxidation sites excluding steroid dienone is 4. The fourth-order valence-corrected chi connectivity index (χ4v) is 10.1. The number of aryl methyl sites for hydroxylation is 4. The first kappa shape index (κ1) is 47.9. The van der Waals surface area contributed by atoms with Crippen LogP contribution in [0.2, 0.25) is 0 Å². The van der Waals surface area contributed by atoms with Gasteiger partial charge in [0, 0.05) is 22.1 Å². The Morgan fingerprint density at radius 1 is 0.591 bits per heavy atom.